The largest absolute Gasteiger partial charge is 0.573 e. The normalized spacial score (nSPS) is 12.7. The number of ether oxygens (including phenoxy) is 2. The highest BCUT2D eigenvalue weighted by molar-refractivity contribution is 5.35. The molecule has 0 aliphatic heterocycles. The van der Waals surface area contributed by atoms with Gasteiger partial charge in [0.1, 0.15) is 18.1 Å². The van der Waals surface area contributed by atoms with Crippen LogP contribution in [0.5, 0.6) is 11.5 Å². The highest BCUT2D eigenvalue weighted by Crippen LogP contribution is 2.25. The maximum Gasteiger partial charge on any atom is 0.573 e. The second-order valence-corrected chi connectivity index (χ2v) is 5.68. The summed E-state index contributed by atoms with van der Waals surface area (Å²) < 4.78 is 46.5. The van der Waals surface area contributed by atoms with Gasteiger partial charge in [0.25, 0.3) is 0 Å². The quantitative estimate of drug-likeness (QED) is 0.757. The minimum atomic E-state index is -4.70. The molecule has 0 heterocycles. The summed E-state index contributed by atoms with van der Waals surface area (Å²) in [4.78, 5) is 0. The number of alkyl halides is 3. The van der Waals surface area contributed by atoms with Gasteiger partial charge in [0.15, 0.2) is 0 Å². The average molecular weight is 354 g/mol. The van der Waals surface area contributed by atoms with Crippen LogP contribution in [-0.2, 0) is 12.8 Å². The fourth-order valence-electron chi connectivity index (χ4n) is 2.33. The smallest absolute Gasteiger partial charge is 0.491 e. The minimum Gasteiger partial charge on any atom is -0.491 e. The molecule has 0 saturated carbocycles. The zero-order chi connectivity index (χ0) is 18.3. The van der Waals surface area contributed by atoms with Crippen molar-refractivity contribution in [2.45, 2.75) is 38.7 Å². The zero-order valence-corrected chi connectivity index (χ0v) is 13.9. The molecule has 0 spiro atoms. The third kappa shape index (κ3) is 6.66. The van der Waals surface area contributed by atoms with Crippen molar-refractivity contribution in [2.75, 3.05) is 6.61 Å². The Bertz CT molecular complexity index is 671. The summed E-state index contributed by atoms with van der Waals surface area (Å²) in [6, 6.07) is 13.4. The van der Waals surface area contributed by atoms with Crippen molar-refractivity contribution in [3.63, 3.8) is 0 Å². The van der Waals surface area contributed by atoms with Gasteiger partial charge in [-0.2, -0.15) is 0 Å². The summed E-state index contributed by atoms with van der Waals surface area (Å²) in [5.74, 6) is 0.457. The van der Waals surface area contributed by atoms with Crippen molar-refractivity contribution in [2.24, 2.45) is 0 Å². The van der Waals surface area contributed by atoms with Crippen molar-refractivity contribution >= 4 is 0 Å². The van der Waals surface area contributed by atoms with Gasteiger partial charge < -0.3 is 14.6 Å². The molecule has 0 radical (unpaired) electrons. The van der Waals surface area contributed by atoms with Crippen LogP contribution in [0.3, 0.4) is 0 Å². The Labute approximate surface area is 145 Å². The molecule has 1 atom stereocenters. The zero-order valence-electron chi connectivity index (χ0n) is 13.9. The standard InChI is InChI=1S/C19H21F3O3/c1-2-16(23)13-24-18-9-4-3-7-15(18)11-10-14-6-5-8-17(12-14)25-19(20,21)22/h3-9,12,16,23H,2,10-11,13H2,1H3. The molecule has 0 saturated heterocycles. The summed E-state index contributed by atoms with van der Waals surface area (Å²) in [5, 5.41) is 9.61. The maximum atomic E-state index is 12.3. The fraction of sp³-hybridized carbons (Fsp3) is 0.368. The van der Waals surface area contributed by atoms with Gasteiger partial charge in [-0.1, -0.05) is 37.3 Å². The summed E-state index contributed by atoms with van der Waals surface area (Å²) in [6.45, 7) is 2.08. The number of para-hydroxylation sites is 1. The van der Waals surface area contributed by atoms with Crippen LogP contribution < -0.4 is 9.47 Å². The van der Waals surface area contributed by atoms with Gasteiger partial charge >= 0.3 is 6.36 Å². The van der Waals surface area contributed by atoms with Crippen LogP contribution in [0.2, 0.25) is 0 Å². The first-order valence-corrected chi connectivity index (χ1v) is 8.11. The van der Waals surface area contributed by atoms with E-state index in [-0.39, 0.29) is 12.4 Å². The lowest BCUT2D eigenvalue weighted by molar-refractivity contribution is -0.274. The molecular formula is C19H21F3O3. The number of aliphatic hydroxyl groups excluding tert-OH is 1. The molecule has 0 aromatic heterocycles. The first kappa shape index (κ1) is 19.1. The number of hydrogen-bond donors (Lipinski definition) is 1. The number of aliphatic hydroxyl groups is 1. The van der Waals surface area contributed by atoms with Crippen LogP contribution in [0.15, 0.2) is 48.5 Å². The lowest BCUT2D eigenvalue weighted by Gasteiger charge is -2.14. The van der Waals surface area contributed by atoms with Gasteiger partial charge in [0, 0.05) is 0 Å². The van der Waals surface area contributed by atoms with E-state index in [1.165, 1.54) is 18.2 Å². The average Bonchev–Trinajstić information content (AvgIpc) is 2.57. The van der Waals surface area contributed by atoms with Crippen molar-refractivity contribution in [3.8, 4) is 11.5 Å². The molecule has 3 nitrogen and oxygen atoms in total. The number of benzene rings is 2. The lowest BCUT2D eigenvalue weighted by Crippen LogP contribution is -2.17. The molecule has 6 heteroatoms. The predicted molar refractivity (Wildman–Crippen MR) is 88.8 cm³/mol. The molecule has 25 heavy (non-hydrogen) atoms. The van der Waals surface area contributed by atoms with E-state index in [9.17, 15) is 18.3 Å². The first-order chi connectivity index (χ1) is 11.9. The predicted octanol–water partition coefficient (Wildman–Crippen LogP) is 4.52. The van der Waals surface area contributed by atoms with Crippen LogP contribution in [-0.4, -0.2) is 24.2 Å². The molecule has 2 aromatic rings. The van der Waals surface area contributed by atoms with E-state index in [1.54, 1.807) is 6.07 Å². The van der Waals surface area contributed by atoms with E-state index in [0.29, 0.717) is 25.0 Å². The summed E-state index contributed by atoms with van der Waals surface area (Å²) in [6.07, 6.45) is -3.46. The minimum absolute atomic E-state index is 0.211. The molecule has 0 fully saturated rings. The van der Waals surface area contributed by atoms with Gasteiger partial charge in [-0.15, -0.1) is 13.2 Å². The number of rotatable bonds is 8. The first-order valence-electron chi connectivity index (χ1n) is 8.11. The van der Waals surface area contributed by atoms with E-state index in [2.05, 4.69) is 4.74 Å². The van der Waals surface area contributed by atoms with E-state index >= 15 is 0 Å². The van der Waals surface area contributed by atoms with E-state index in [4.69, 9.17) is 4.74 Å². The highest BCUT2D eigenvalue weighted by atomic mass is 19.4. The van der Waals surface area contributed by atoms with Gasteiger partial charge in [-0.3, -0.25) is 0 Å². The second-order valence-electron chi connectivity index (χ2n) is 5.68. The molecular weight excluding hydrogens is 333 g/mol. The molecule has 0 aliphatic carbocycles. The third-order valence-electron chi connectivity index (χ3n) is 3.69. The van der Waals surface area contributed by atoms with E-state index < -0.39 is 12.5 Å². The Balaban J connectivity index is 2.00. The second kappa shape index (κ2) is 8.76. The van der Waals surface area contributed by atoms with Crippen molar-refractivity contribution in [1.29, 1.82) is 0 Å². The number of halogens is 3. The van der Waals surface area contributed by atoms with Crippen LogP contribution in [0.1, 0.15) is 24.5 Å². The summed E-state index contributed by atoms with van der Waals surface area (Å²) >= 11 is 0. The Kier molecular flexibility index (Phi) is 6.70. The van der Waals surface area contributed by atoms with Crippen molar-refractivity contribution < 1.29 is 27.8 Å². The molecule has 1 N–H and O–H groups in total. The molecule has 0 aliphatic rings. The van der Waals surface area contributed by atoms with Gasteiger partial charge in [0.2, 0.25) is 0 Å². The lowest BCUT2D eigenvalue weighted by atomic mass is 10.0. The molecule has 2 rings (SSSR count). The maximum absolute atomic E-state index is 12.3. The highest BCUT2D eigenvalue weighted by Gasteiger charge is 2.31. The SMILES string of the molecule is CCC(O)COc1ccccc1CCc1cccc(OC(F)(F)F)c1. The van der Waals surface area contributed by atoms with Crippen molar-refractivity contribution in [1.82, 2.24) is 0 Å². The Hall–Kier alpha value is -2.21. The van der Waals surface area contributed by atoms with Crippen LogP contribution in [0, 0.1) is 0 Å². The molecule has 2 aromatic carbocycles. The van der Waals surface area contributed by atoms with Crippen LogP contribution in [0.25, 0.3) is 0 Å². The topological polar surface area (TPSA) is 38.7 Å². The van der Waals surface area contributed by atoms with Crippen molar-refractivity contribution in [3.05, 3.63) is 59.7 Å². The van der Waals surface area contributed by atoms with E-state index in [0.717, 1.165) is 11.1 Å². The van der Waals surface area contributed by atoms with Gasteiger partial charge in [-0.05, 0) is 48.6 Å². The van der Waals surface area contributed by atoms with Crippen LogP contribution in [0.4, 0.5) is 13.2 Å². The Morgan fingerprint density at radius 3 is 2.52 bits per heavy atom. The Morgan fingerprint density at radius 2 is 1.80 bits per heavy atom. The molecule has 0 amide bonds. The summed E-state index contributed by atoms with van der Waals surface area (Å²) in [5.41, 5.74) is 1.68. The van der Waals surface area contributed by atoms with Gasteiger partial charge in [0.05, 0.1) is 6.10 Å². The molecule has 0 bridgehead atoms. The number of hydrogen-bond acceptors (Lipinski definition) is 3. The summed E-state index contributed by atoms with van der Waals surface area (Å²) in [7, 11) is 0. The van der Waals surface area contributed by atoms with E-state index in [1.807, 2.05) is 31.2 Å². The number of aryl methyl sites for hydroxylation is 2. The molecule has 136 valence electrons. The van der Waals surface area contributed by atoms with Crippen LogP contribution >= 0.6 is 0 Å². The molecule has 1 unspecified atom stereocenters. The fourth-order valence-corrected chi connectivity index (χ4v) is 2.33. The monoisotopic (exact) mass is 354 g/mol. The van der Waals surface area contributed by atoms with Gasteiger partial charge in [-0.25, -0.2) is 0 Å². The Morgan fingerprint density at radius 1 is 1.04 bits per heavy atom. The third-order valence-corrected chi connectivity index (χ3v) is 3.69.